The molecule has 4 aliphatic rings. The van der Waals surface area contributed by atoms with Crippen LogP contribution in [0.1, 0.15) is 25.7 Å². The second-order valence-corrected chi connectivity index (χ2v) is 9.06. The molecule has 5 atom stereocenters. The fraction of sp³-hybridized carbons (Fsp3) is 0.579. The Kier molecular flexibility index (Phi) is 3.61. The van der Waals surface area contributed by atoms with Crippen molar-refractivity contribution in [3.05, 3.63) is 28.2 Å². The Morgan fingerprint density at radius 3 is 2.73 bits per heavy atom. The number of carbonyl (C=O) groups excluding carboxylic acids is 1. The normalized spacial score (nSPS) is 36.8. The Bertz CT molecular complexity index is 804. The van der Waals surface area contributed by atoms with Gasteiger partial charge in [-0.3, -0.25) is 4.79 Å². The minimum absolute atomic E-state index is 0.117. The molecule has 2 bridgehead atoms. The number of amides is 1. The van der Waals surface area contributed by atoms with E-state index in [1.807, 2.05) is 17.0 Å². The molecule has 26 heavy (non-hydrogen) atoms. The van der Waals surface area contributed by atoms with E-state index in [-0.39, 0.29) is 23.4 Å². The van der Waals surface area contributed by atoms with Gasteiger partial charge in [-0.25, -0.2) is 0 Å². The van der Waals surface area contributed by atoms with Crippen LogP contribution in [0.2, 0.25) is 10.0 Å². The maximum atomic E-state index is 13.1. The Labute approximate surface area is 162 Å². The number of piperidine rings is 1. The predicted molar refractivity (Wildman–Crippen MR) is 100 cm³/mol. The zero-order valence-electron chi connectivity index (χ0n) is 14.3. The van der Waals surface area contributed by atoms with Crippen LogP contribution >= 0.6 is 23.2 Å². The summed E-state index contributed by atoms with van der Waals surface area (Å²) in [5.74, 6) is 0.555. The molecule has 3 saturated heterocycles. The van der Waals surface area contributed by atoms with E-state index in [4.69, 9.17) is 23.2 Å². The molecule has 3 aliphatic heterocycles. The molecule has 2 unspecified atom stereocenters. The van der Waals surface area contributed by atoms with Crippen LogP contribution in [0.4, 0.5) is 5.69 Å². The zero-order valence-corrected chi connectivity index (χ0v) is 15.8. The van der Waals surface area contributed by atoms with Crippen molar-refractivity contribution in [2.24, 2.45) is 11.3 Å². The average molecular weight is 391 g/mol. The molecule has 3 heterocycles. The van der Waals surface area contributed by atoms with Gasteiger partial charge >= 0.3 is 0 Å². The van der Waals surface area contributed by atoms with Crippen LogP contribution in [0.25, 0.3) is 0 Å². The van der Waals surface area contributed by atoms with Crippen molar-refractivity contribution in [2.45, 2.75) is 43.8 Å². The number of nitrogens with one attached hydrogen (secondary N) is 1. The molecule has 4 fully saturated rings. The molecule has 1 saturated carbocycles. The lowest BCUT2D eigenvalue weighted by Crippen LogP contribution is -2.47. The summed E-state index contributed by atoms with van der Waals surface area (Å²) < 4.78 is 0. The fourth-order valence-corrected chi connectivity index (χ4v) is 5.88. The van der Waals surface area contributed by atoms with Crippen molar-refractivity contribution < 1.29 is 4.79 Å². The molecular formula is C19H20Cl2N4O. The van der Waals surface area contributed by atoms with Gasteiger partial charge in [0.15, 0.2) is 6.19 Å². The molecule has 0 aromatic heterocycles. The monoisotopic (exact) mass is 390 g/mol. The number of nitriles is 1. The van der Waals surface area contributed by atoms with Crippen LogP contribution in [0.5, 0.6) is 0 Å². The van der Waals surface area contributed by atoms with Crippen LogP contribution in [0.3, 0.4) is 0 Å². The van der Waals surface area contributed by atoms with Crippen molar-refractivity contribution in [1.29, 1.82) is 5.26 Å². The first-order valence-corrected chi connectivity index (χ1v) is 9.96. The summed E-state index contributed by atoms with van der Waals surface area (Å²) in [6.07, 6.45) is 6.24. The summed E-state index contributed by atoms with van der Waals surface area (Å²) in [7, 11) is 0. The molecular weight excluding hydrogens is 371 g/mol. The van der Waals surface area contributed by atoms with Crippen LogP contribution in [0.15, 0.2) is 18.2 Å². The first-order chi connectivity index (χ1) is 12.5. The molecule has 1 aliphatic carbocycles. The highest BCUT2D eigenvalue weighted by Crippen LogP contribution is 2.59. The summed E-state index contributed by atoms with van der Waals surface area (Å²) in [6, 6.07) is 6.16. The Morgan fingerprint density at radius 2 is 2.04 bits per heavy atom. The molecule has 0 radical (unpaired) electrons. The number of anilines is 1. The smallest absolute Gasteiger partial charge is 0.228 e. The third kappa shape index (κ3) is 2.39. The molecule has 5 nitrogen and oxygen atoms in total. The Hall–Kier alpha value is -1.64. The summed E-state index contributed by atoms with van der Waals surface area (Å²) in [5.41, 5.74) is 0.700. The lowest BCUT2D eigenvalue weighted by molar-refractivity contribution is -0.127. The van der Waals surface area contributed by atoms with Crippen LogP contribution in [-0.2, 0) is 4.79 Å². The third-order valence-electron chi connectivity index (χ3n) is 6.78. The Balaban J connectivity index is 1.28. The van der Waals surface area contributed by atoms with E-state index in [9.17, 15) is 10.1 Å². The standard InChI is InChI=1S/C19H20Cl2N4O/c20-12-3-13(21)5-15(4-12)24-8-11-7-19(11,9-24)18(26)23-16-6-14-1-2-17(16)25(14)10-22/h3-5,11,14,16-17H,1-2,6-9H2,(H,23,26)/t11?,14-,16-,17+,19?/m0/s1. The number of fused-ring (bicyclic) bond motifs is 3. The van der Waals surface area contributed by atoms with E-state index in [1.165, 1.54) is 0 Å². The quantitative estimate of drug-likeness (QED) is 0.805. The lowest BCUT2D eigenvalue weighted by atomic mass is 9.94. The number of benzene rings is 1. The van der Waals surface area contributed by atoms with E-state index in [0.29, 0.717) is 28.5 Å². The highest BCUT2D eigenvalue weighted by Gasteiger charge is 2.65. The van der Waals surface area contributed by atoms with E-state index in [0.717, 1.165) is 37.9 Å². The van der Waals surface area contributed by atoms with Gasteiger partial charge in [-0.2, -0.15) is 5.26 Å². The van der Waals surface area contributed by atoms with Crippen molar-refractivity contribution in [2.75, 3.05) is 18.0 Å². The summed E-state index contributed by atoms with van der Waals surface area (Å²) >= 11 is 12.3. The van der Waals surface area contributed by atoms with Crippen molar-refractivity contribution in [3.8, 4) is 6.19 Å². The maximum Gasteiger partial charge on any atom is 0.228 e. The molecule has 7 heteroatoms. The van der Waals surface area contributed by atoms with Crippen LogP contribution in [0, 0.1) is 22.8 Å². The average Bonchev–Trinajstić information content (AvgIpc) is 2.93. The van der Waals surface area contributed by atoms with Gasteiger partial charge in [-0.05, 0) is 49.8 Å². The molecule has 1 aromatic rings. The van der Waals surface area contributed by atoms with E-state index >= 15 is 0 Å². The second-order valence-electron chi connectivity index (χ2n) is 8.19. The van der Waals surface area contributed by atoms with E-state index in [2.05, 4.69) is 16.4 Å². The highest BCUT2D eigenvalue weighted by molar-refractivity contribution is 6.35. The maximum absolute atomic E-state index is 13.1. The number of hydrogen-bond acceptors (Lipinski definition) is 4. The molecule has 1 amide bonds. The number of carbonyl (C=O) groups is 1. The SMILES string of the molecule is N#CN1[C@H]2CC[C@@H]1[C@@H](NC(=O)C13CC1CN(c1cc(Cl)cc(Cl)c1)C3)C2. The first-order valence-electron chi connectivity index (χ1n) is 9.20. The summed E-state index contributed by atoms with van der Waals surface area (Å²) in [6.45, 7) is 1.58. The van der Waals surface area contributed by atoms with Gasteiger partial charge in [0.2, 0.25) is 5.91 Å². The highest BCUT2D eigenvalue weighted by atomic mass is 35.5. The molecule has 0 spiro atoms. The molecule has 1 aromatic carbocycles. The minimum Gasteiger partial charge on any atom is -0.370 e. The van der Waals surface area contributed by atoms with Crippen LogP contribution < -0.4 is 10.2 Å². The van der Waals surface area contributed by atoms with Gasteiger partial charge in [0.1, 0.15) is 0 Å². The molecule has 1 N–H and O–H groups in total. The van der Waals surface area contributed by atoms with Crippen molar-refractivity contribution >= 4 is 34.8 Å². The minimum atomic E-state index is -0.284. The van der Waals surface area contributed by atoms with Crippen molar-refractivity contribution in [1.82, 2.24) is 10.2 Å². The second kappa shape index (κ2) is 5.68. The van der Waals surface area contributed by atoms with Gasteiger partial charge in [-0.15, -0.1) is 0 Å². The van der Waals surface area contributed by atoms with Gasteiger partial charge in [0, 0.05) is 34.9 Å². The number of nitrogens with zero attached hydrogens (tertiary/aromatic N) is 3. The largest absolute Gasteiger partial charge is 0.370 e. The van der Waals surface area contributed by atoms with Gasteiger partial charge in [0.25, 0.3) is 0 Å². The lowest BCUT2D eigenvalue weighted by Gasteiger charge is -2.26. The van der Waals surface area contributed by atoms with Gasteiger partial charge in [0.05, 0.1) is 17.5 Å². The predicted octanol–water partition coefficient (Wildman–Crippen LogP) is 3.02. The number of rotatable bonds is 3. The molecule has 136 valence electrons. The van der Waals surface area contributed by atoms with Crippen molar-refractivity contribution in [3.63, 3.8) is 0 Å². The third-order valence-corrected chi connectivity index (χ3v) is 7.22. The number of hydrogen-bond donors (Lipinski definition) is 1. The van der Waals surface area contributed by atoms with E-state index < -0.39 is 0 Å². The fourth-order valence-electron chi connectivity index (χ4n) is 5.37. The van der Waals surface area contributed by atoms with Gasteiger partial charge < -0.3 is 15.1 Å². The summed E-state index contributed by atoms with van der Waals surface area (Å²) in [5, 5.41) is 13.8. The van der Waals surface area contributed by atoms with Gasteiger partial charge in [-0.1, -0.05) is 23.2 Å². The molecule has 5 rings (SSSR count). The zero-order chi connectivity index (χ0) is 18.1. The number of halogens is 2. The summed E-state index contributed by atoms with van der Waals surface area (Å²) in [4.78, 5) is 17.2. The Morgan fingerprint density at radius 1 is 1.27 bits per heavy atom. The first kappa shape index (κ1) is 16.5. The topological polar surface area (TPSA) is 59.4 Å². The van der Waals surface area contributed by atoms with E-state index in [1.54, 1.807) is 6.07 Å². The van der Waals surface area contributed by atoms with Crippen LogP contribution in [-0.4, -0.2) is 42.0 Å².